The van der Waals surface area contributed by atoms with Gasteiger partial charge in [0, 0.05) is 37.2 Å². The molecule has 0 atom stereocenters. The van der Waals surface area contributed by atoms with Crippen molar-refractivity contribution < 1.29 is 19.2 Å². The fourth-order valence-corrected chi connectivity index (χ4v) is 4.73. The highest BCUT2D eigenvalue weighted by molar-refractivity contribution is 6.28. The number of methoxy groups -OCH3 is 2. The zero-order valence-electron chi connectivity index (χ0n) is 20.4. The maximum Gasteiger partial charge on any atom is 0.282 e. The number of nitro benzene ring substituents is 1. The summed E-state index contributed by atoms with van der Waals surface area (Å²) in [6.45, 7) is 3.81. The number of rotatable bonds is 8. The normalized spacial score (nSPS) is 14.1. The van der Waals surface area contributed by atoms with Crippen molar-refractivity contribution in [3.05, 3.63) is 56.9 Å². The number of benzene rings is 2. The molecule has 0 aliphatic carbocycles. The van der Waals surface area contributed by atoms with Crippen molar-refractivity contribution in [1.82, 2.24) is 15.3 Å². The SMILES string of the molecule is COc1cc2nc(Cl)nc(N3CCC(CCNC(=O)c4cc(C)ccc4[N+](=O)[O-])CC3)c2cc1OC. The lowest BCUT2D eigenvalue weighted by Crippen LogP contribution is -2.36. The Morgan fingerprint density at radius 1 is 1.17 bits per heavy atom. The number of aryl methyl sites for hydroxylation is 1. The van der Waals surface area contributed by atoms with Gasteiger partial charge in [-0.3, -0.25) is 14.9 Å². The molecule has 2 heterocycles. The highest BCUT2D eigenvalue weighted by Gasteiger charge is 2.24. The Kier molecular flexibility index (Phi) is 7.73. The van der Waals surface area contributed by atoms with E-state index in [2.05, 4.69) is 20.2 Å². The highest BCUT2D eigenvalue weighted by Crippen LogP contribution is 2.37. The summed E-state index contributed by atoms with van der Waals surface area (Å²) >= 11 is 6.23. The molecule has 1 N–H and O–H groups in total. The number of carbonyl (C=O) groups excluding carboxylic acids is 1. The number of carbonyl (C=O) groups is 1. The van der Waals surface area contributed by atoms with E-state index >= 15 is 0 Å². The number of nitro groups is 1. The lowest BCUT2D eigenvalue weighted by Gasteiger charge is -2.33. The third-order valence-electron chi connectivity index (χ3n) is 6.50. The summed E-state index contributed by atoms with van der Waals surface area (Å²) in [6, 6.07) is 8.21. The molecule has 0 saturated carbocycles. The highest BCUT2D eigenvalue weighted by atomic mass is 35.5. The number of anilines is 1. The molecule has 1 aromatic heterocycles. The van der Waals surface area contributed by atoms with Gasteiger partial charge in [0.25, 0.3) is 11.6 Å². The van der Waals surface area contributed by atoms with Gasteiger partial charge >= 0.3 is 0 Å². The lowest BCUT2D eigenvalue weighted by atomic mass is 9.93. The summed E-state index contributed by atoms with van der Waals surface area (Å²) in [6.07, 6.45) is 2.61. The van der Waals surface area contributed by atoms with Crippen molar-refractivity contribution in [2.75, 3.05) is 38.8 Å². The fourth-order valence-electron chi connectivity index (χ4n) is 4.56. The van der Waals surface area contributed by atoms with Gasteiger partial charge in [-0.1, -0.05) is 6.07 Å². The third-order valence-corrected chi connectivity index (χ3v) is 6.67. The molecule has 1 amide bonds. The van der Waals surface area contributed by atoms with Crippen LogP contribution in [0.4, 0.5) is 11.5 Å². The molecule has 10 nitrogen and oxygen atoms in total. The quantitative estimate of drug-likeness (QED) is 0.264. The number of halogens is 1. The summed E-state index contributed by atoms with van der Waals surface area (Å²) in [5.41, 5.74) is 1.38. The van der Waals surface area contributed by atoms with Crippen LogP contribution in [-0.4, -0.2) is 54.7 Å². The van der Waals surface area contributed by atoms with Crippen molar-refractivity contribution in [2.45, 2.75) is 26.2 Å². The van der Waals surface area contributed by atoms with E-state index in [-0.39, 0.29) is 16.5 Å². The van der Waals surface area contributed by atoms with E-state index < -0.39 is 10.8 Å². The largest absolute Gasteiger partial charge is 0.493 e. The van der Waals surface area contributed by atoms with Gasteiger partial charge in [0.1, 0.15) is 11.4 Å². The van der Waals surface area contributed by atoms with E-state index in [4.69, 9.17) is 21.1 Å². The standard InChI is InChI=1S/C25H28ClN5O5/c1-15-4-5-20(31(33)34)18(12-15)24(32)27-9-6-16-7-10-30(11-8-16)23-17-13-21(35-2)22(36-3)14-19(17)28-25(26)29-23/h4-5,12-14,16H,6-11H2,1-3H3,(H,27,32). The third kappa shape index (κ3) is 5.43. The Morgan fingerprint density at radius 3 is 2.53 bits per heavy atom. The molecule has 0 unspecified atom stereocenters. The van der Waals surface area contributed by atoms with E-state index in [0.717, 1.165) is 49.1 Å². The van der Waals surface area contributed by atoms with Crippen molar-refractivity contribution >= 4 is 39.9 Å². The second-order valence-corrected chi connectivity index (χ2v) is 9.13. The van der Waals surface area contributed by atoms with Gasteiger partial charge in [-0.05, 0) is 61.4 Å². The fraction of sp³-hybridized carbons (Fsp3) is 0.400. The number of nitrogens with zero attached hydrogens (tertiary/aromatic N) is 4. The molecule has 36 heavy (non-hydrogen) atoms. The molecule has 2 aromatic carbocycles. The van der Waals surface area contributed by atoms with E-state index in [0.29, 0.717) is 29.5 Å². The molecule has 1 fully saturated rings. The Balaban J connectivity index is 1.38. The predicted octanol–water partition coefficient (Wildman–Crippen LogP) is 4.55. The summed E-state index contributed by atoms with van der Waals surface area (Å²) in [4.78, 5) is 34.4. The maximum atomic E-state index is 12.6. The average Bonchev–Trinajstić information content (AvgIpc) is 2.87. The van der Waals surface area contributed by atoms with Gasteiger partial charge in [0.2, 0.25) is 5.28 Å². The van der Waals surface area contributed by atoms with E-state index in [1.165, 1.54) is 6.07 Å². The van der Waals surface area contributed by atoms with Gasteiger partial charge in [-0.2, -0.15) is 4.98 Å². The number of hydrogen-bond acceptors (Lipinski definition) is 8. The van der Waals surface area contributed by atoms with Gasteiger partial charge in [0.05, 0.1) is 24.7 Å². The number of nitrogens with one attached hydrogen (secondary N) is 1. The van der Waals surface area contributed by atoms with Crippen LogP contribution in [0.2, 0.25) is 5.28 Å². The predicted molar refractivity (Wildman–Crippen MR) is 137 cm³/mol. The molecule has 190 valence electrons. The minimum atomic E-state index is -0.529. The van der Waals surface area contributed by atoms with Crippen LogP contribution in [0.3, 0.4) is 0 Å². The maximum absolute atomic E-state index is 12.6. The van der Waals surface area contributed by atoms with Crippen LogP contribution in [0, 0.1) is 23.0 Å². The number of piperidine rings is 1. The minimum absolute atomic E-state index is 0.0920. The number of amides is 1. The zero-order chi connectivity index (χ0) is 25.8. The number of fused-ring (bicyclic) bond motifs is 1. The summed E-state index contributed by atoms with van der Waals surface area (Å²) in [5, 5.41) is 15.1. The molecular formula is C25H28ClN5O5. The molecule has 3 aromatic rings. The van der Waals surface area contributed by atoms with Crippen molar-refractivity contribution in [2.24, 2.45) is 5.92 Å². The molecule has 11 heteroatoms. The molecule has 1 aliphatic rings. The molecule has 1 aliphatic heterocycles. The van der Waals surface area contributed by atoms with E-state index in [1.807, 2.05) is 6.07 Å². The molecule has 0 bridgehead atoms. The van der Waals surface area contributed by atoms with Crippen molar-refractivity contribution in [1.29, 1.82) is 0 Å². The average molecular weight is 514 g/mol. The number of hydrogen-bond donors (Lipinski definition) is 1. The minimum Gasteiger partial charge on any atom is -0.493 e. The van der Waals surface area contributed by atoms with Crippen molar-refractivity contribution in [3.8, 4) is 11.5 Å². The van der Waals surface area contributed by atoms with Gasteiger partial charge < -0.3 is 19.7 Å². The van der Waals surface area contributed by atoms with Gasteiger partial charge in [-0.25, -0.2) is 4.98 Å². The first-order valence-corrected chi connectivity index (χ1v) is 12.1. The van der Waals surface area contributed by atoms with Crippen LogP contribution in [0.5, 0.6) is 11.5 Å². The molecular weight excluding hydrogens is 486 g/mol. The van der Waals surface area contributed by atoms with Crippen LogP contribution in [0.25, 0.3) is 10.9 Å². The number of ether oxygens (including phenoxy) is 2. The van der Waals surface area contributed by atoms with Gasteiger partial charge in [-0.15, -0.1) is 0 Å². The first-order chi connectivity index (χ1) is 17.3. The molecule has 4 rings (SSSR count). The van der Waals surface area contributed by atoms with Crippen LogP contribution in [-0.2, 0) is 0 Å². The first kappa shape index (κ1) is 25.4. The Hall–Kier alpha value is -3.66. The summed E-state index contributed by atoms with van der Waals surface area (Å²) in [7, 11) is 3.16. The number of aromatic nitrogens is 2. The second-order valence-electron chi connectivity index (χ2n) is 8.79. The molecule has 0 radical (unpaired) electrons. The van der Waals surface area contributed by atoms with Gasteiger partial charge in [0.15, 0.2) is 11.5 Å². The van der Waals surface area contributed by atoms with Crippen LogP contribution in [0.1, 0.15) is 35.2 Å². The monoisotopic (exact) mass is 513 g/mol. The van der Waals surface area contributed by atoms with Crippen molar-refractivity contribution in [3.63, 3.8) is 0 Å². The summed E-state index contributed by atoms with van der Waals surface area (Å²) in [5.74, 6) is 1.91. The lowest BCUT2D eigenvalue weighted by molar-refractivity contribution is -0.385. The zero-order valence-corrected chi connectivity index (χ0v) is 21.2. The van der Waals surface area contributed by atoms with Crippen LogP contribution in [0.15, 0.2) is 30.3 Å². The van der Waals surface area contributed by atoms with E-state index in [1.54, 1.807) is 39.3 Å². The van der Waals surface area contributed by atoms with E-state index in [9.17, 15) is 14.9 Å². The Bertz CT molecular complexity index is 1290. The topological polar surface area (TPSA) is 120 Å². The second kappa shape index (κ2) is 10.9. The summed E-state index contributed by atoms with van der Waals surface area (Å²) < 4.78 is 10.8. The van der Waals surface area contributed by atoms with Crippen LogP contribution >= 0.6 is 11.6 Å². The first-order valence-electron chi connectivity index (χ1n) is 11.7. The smallest absolute Gasteiger partial charge is 0.282 e. The molecule has 1 saturated heterocycles. The van der Waals surface area contributed by atoms with Crippen LogP contribution < -0.4 is 19.7 Å². The Morgan fingerprint density at radius 2 is 1.86 bits per heavy atom. The Labute approximate surface area is 213 Å². The molecule has 0 spiro atoms.